The van der Waals surface area contributed by atoms with Crippen LogP contribution in [-0.4, -0.2) is 25.9 Å². The van der Waals surface area contributed by atoms with Gasteiger partial charge in [0.1, 0.15) is 11.4 Å². The van der Waals surface area contributed by atoms with Crippen LogP contribution in [0.15, 0.2) is 21.8 Å². The van der Waals surface area contributed by atoms with Gasteiger partial charge >= 0.3 is 6.18 Å². The van der Waals surface area contributed by atoms with Gasteiger partial charge in [0.25, 0.3) is 0 Å². The third kappa shape index (κ3) is 3.77. The first kappa shape index (κ1) is 14.0. The van der Waals surface area contributed by atoms with Crippen molar-refractivity contribution in [3.63, 3.8) is 0 Å². The Balaban J connectivity index is 2.34. The Morgan fingerprint density at radius 1 is 1.37 bits per heavy atom. The maximum absolute atomic E-state index is 12.7. The predicted molar refractivity (Wildman–Crippen MR) is 65.2 cm³/mol. The van der Waals surface area contributed by atoms with Crippen LogP contribution in [0.25, 0.3) is 0 Å². The Bertz CT molecular complexity index is 543. The van der Waals surface area contributed by atoms with Crippen LogP contribution < -0.4 is 5.32 Å². The summed E-state index contributed by atoms with van der Waals surface area (Å²) >= 11 is 2.11. The predicted octanol–water partition coefficient (Wildman–Crippen LogP) is 2.93. The van der Waals surface area contributed by atoms with Crippen LogP contribution in [0, 0.1) is 0 Å². The minimum absolute atomic E-state index is 0.0515. The van der Waals surface area contributed by atoms with Gasteiger partial charge in [0.2, 0.25) is 5.95 Å². The summed E-state index contributed by atoms with van der Waals surface area (Å²) in [5.74, 6) is -0.0515. The molecule has 2 aromatic heterocycles. The van der Waals surface area contributed by atoms with E-state index in [4.69, 9.17) is 0 Å². The Labute approximate surface area is 114 Å². The Morgan fingerprint density at radius 3 is 2.74 bits per heavy atom. The first-order valence-electron chi connectivity index (χ1n) is 5.13. The molecule has 0 spiro atoms. The monoisotopic (exact) mass is 307 g/mol. The zero-order chi connectivity index (χ0) is 13.9. The molecule has 0 radical (unpaired) electrons. The van der Waals surface area contributed by atoms with Gasteiger partial charge in [-0.1, -0.05) is 0 Å². The van der Waals surface area contributed by atoms with E-state index in [0.29, 0.717) is 10.9 Å². The zero-order valence-electron chi connectivity index (χ0n) is 9.60. The maximum Gasteiger partial charge on any atom is 0.433 e. The normalized spacial score (nSPS) is 11.6. The minimum Gasteiger partial charge on any atom is -0.354 e. The van der Waals surface area contributed by atoms with Crippen LogP contribution in [0.4, 0.5) is 19.1 Å². The van der Waals surface area contributed by atoms with E-state index < -0.39 is 11.9 Å². The van der Waals surface area contributed by atoms with Crippen molar-refractivity contribution in [2.75, 3.05) is 11.9 Å². The van der Waals surface area contributed by atoms with Gasteiger partial charge in [-0.25, -0.2) is 15.0 Å². The van der Waals surface area contributed by atoms with Gasteiger partial charge in [-0.15, -0.1) is 0 Å². The Kier molecular flexibility index (Phi) is 4.20. The fraction of sp³-hybridized carbons (Fsp3) is 0.333. The highest BCUT2D eigenvalue weighted by molar-refractivity contribution is 8.00. The van der Waals surface area contributed by atoms with Crippen LogP contribution in [-0.2, 0) is 6.18 Å². The molecule has 0 aliphatic carbocycles. The van der Waals surface area contributed by atoms with Crippen LogP contribution in [0.5, 0.6) is 0 Å². The van der Waals surface area contributed by atoms with Crippen molar-refractivity contribution in [1.82, 2.24) is 19.3 Å². The van der Waals surface area contributed by atoms with E-state index in [0.717, 1.165) is 29.4 Å². The lowest BCUT2D eigenvalue weighted by Crippen LogP contribution is -2.12. The van der Waals surface area contributed by atoms with E-state index in [1.165, 1.54) is 6.33 Å². The first-order chi connectivity index (χ1) is 8.99. The fourth-order valence-electron chi connectivity index (χ4n) is 1.16. The quantitative estimate of drug-likeness (QED) is 0.876. The van der Waals surface area contributed by atoms with Crippen LogP contribution in [0.2, 0.25) is 0 Å². The summed E-state index contributed by atoms with van der Waals surface area (Å²) < 4.78 is 42.4. The summed E-state index contributed by atoms with van der Waals surface area (Å²) in [6.45, 7) is 2.19. The number of nitrogens with one attached hydrogen (secondary N) is 1. The van der Waals surface area contributed by atoms with Gasteiger partial charge in [-0.05, 0) is 30.2 Å². The van der Waals surface area contributed by atoms with Crippen molar-refractivity contribution in [3.05, 3.63) is 18.1 Å². The zero-order valence-corrected chi connectivity index (χ0v) is 11.2. The second-order valence-electron chi connectivity index (χ2n) is 3.25. The van der Waals surface area contributed by atoms with Gasteiger partial charge in [-0.3, -0.25) is 0 Å². The lowest BCUT2D eigenvalue weighted by Gasteiger charge is -2.09. The number of hydrogen-bond acceptors (Lipinski definition) is 7. The highest BCUT2D eigenvalue weighted by Crippen LogP contribution is 2.33. The van der Waals surface area contributed by atoms with Crippen molar-refractivity contribution in [3.8, 4) is 0 Å². The molecule has 0 aromatic carbocycles. The highest BCUT2D eigenvalue weighted by Gasteiger charge is 2.33. The summed E-state index contributed by atoms with van der Waals surface area (Å²) in [4.78, 5) is 11.3. The second kappa shape index (κ2) is 5.70. The summed E-state index contributed by atoms with van der Waals surface area (Å²) in [7, 11) is 0. The number of aromatic nitrogens is 4. The van der Waals surface area contributed by atoms with Crippen LogP contribution in [0.1, 0.15) is 12.6 Å². The van der Waals surface area contributed by atoms with Crippen molar-refractivity contribution < 1.29 is 13.2 Å². The number of nitrogens with zero attached hydrogens (tertiary/aromatic N) is 4. The lowest BCUT2D eigenvalue weighted by atomic mass is 10.4. The van der Waals surface area contributed by atoms with E-state index in [1.807, 2.05) is 0 Å². The number of halogens is 3. The van der Waals surface area contributed by atoms with Gasteiger partial charge in [0.15, 0.2) is 10.0 Å². The van der Waals surface area contributed by atoms with E-state index in [2.05, 4.69) is 24.6 Å². The van der Waals surface area contributed by atoms with Crippen molar-refractivity contribution in [2.45, 2.75) is 22.5 Å². The van der Waals surface area contributed by atoms with Crippen molar-refractivity contribution in [1.29, 1.82) is 0 Å². The minimum atomic E-state index is -4.51. The molecule has 10 heteroatoms. The summed E-state index contributed by atoms with van der Waals surface area (Å²) in [5, 5.41) is 2.85. The molecular formula is C9H8F3N5S2. The highest BCUT2D eigenvalue weighted by atomic mass is 32.2. The second-order valence-corrected chi connectivity index (χ2v) is 5.30. The third-order valence-corrected chi connectivity index (χ3v) is 3.49. The average molecular weight is 307 g/mol. The molecule has 2 heterocycles. The number of rotatable bonds is 4. The van der Waals surface area contributed by atoms with E-state index >= 15 is 0 Å². The molecule has 5 nitrogen and oxygen atoms in total. The topological polar surface area (TPSA) is 63.6 Å². The molecule has 0 atom stereocenters. The van der Waals surface area contributed by atoms with Crippen molar-refractivity contribution >= 4 is 29.2 Å². The molecule has 0 bridgehead atoms. The standard InChI is InChI=1S/C9H8F3N5S2/c1-2-13-7-16-5(9(10,11)12)3-6(17-7)18-8-14-4-15-19-8/h3-4H,2H2,1H3,(H,13,16,17). The number of hydrogen-bond donors (Lipinski definition) is 1. The molecule has 2 rings (SSSR count). The average Bonchev–Trinajstić information content (AvgIpc) is 2.81. The largest absolute Gasteiger partial charge is 0.433 e. The van der Waals surface area contributed by atoms with Gasteiger partial charge in [0, 0.05) is 12.6 Å². The van der Waals surface area contributed by atoms with Crippen LogP contribution in [0.3, 0.4) is 0 Å². The molecule has 19 heavy (non-hydrogen) atoms. The molecule has 0 saturated heterocycles. The first-order valence-corrected chi connectivity index (χ1v) is 6.72. The van der Waals surface area contributed by atoms with E-state index in [9.17, 15) is 13.2 Å². The molecule has 0 unspecified atom stereocenters. The Hall–Kier alpha value is -1.42. The molecule has 2 aromatic rings. The van der Waals surface area contributed by atoms with E-state index in [1.54, 1.807) is 6.92 Å². The number of anilines is 1. The number of alkyl halides is 3. The molecule has 0 aliphatic rings. The molecule has 1 N–H and O–H groups in total. The van der Waals surface area contributed by atoms with Gasteiger partial charge in [-0.2, -0.15) is 17.5 Å². The summed E-state index contributed by atoms with van der Waals surface area (Å²) in [6, 6.07) is 0.896. The molecule has 102 valence electrons. The smallest absolute Gasteiger partial charge is 0.354 e. The maximum atomic E-state index is 12.7. The Morgan fingerprint density at radius 2 is 2.16 bits per heavy atom. The molecule has 0 saturated carbocycles. The van der Waals surface area contributed by atoms with Crippen LogP contribution >= 0.6 is 23.3 Å². The van der Waals surface area contributed by atoms with Gasteiger partial charge in [0.05, 0.1) is 0 Å². The molecule has 0 aliphatic heterocycles. The summed E-state index contributed by atoms with van der Waals surface area (Å²) in [5.41, 5.74) is -0.981. The van der Waals surface area contributed by atoms with Crippen molar-refractivity contribution in [2.24, 2.45) is 0 Å². The van der Waals surface area contributed by atoms with Gasteiger partial charge < -0.3 is 5.32 Å². The third-order valence-electron chi connectivity index (χ3n) is 1.86. The molecule has 0 fully saturated rings. The SMILES string of the molecule is CCNc1nc(Sc2ncns2)cc(C(F)(F)F)n1. The lowest BCUT2D eigenvalue weighted by molar-refractivity contribution is -0.141. The molecule has 0 amide bonds. The fourth-order valence-corrected chi connectivity index (χ4v) is 2.55. The van der Waals surface area contributed by atoms with E-state index in [-0.39, 0.29) is 11.0 Å². The molecular weight excluding hydrogens is 299 g/mol. The summed E-state index contributed by atoms with van der Waals surface area (Å²) in [6.07, 6.45) is -3.17.